The number of aliphatic hydroxyl groups excluding tert-OH is 1. The van der Waals surface area contributed by atoms with Gasteiger partial charge in [0.15, 0.2) is 0 Å². The lowest BCUT2D eigenvalue weighted by molar-refractivity contribution is 0.281. The van der Waals surface area contributed by atoms with Gasteiger partial charge in [-0.15, -0.1) is 0 Å². The number of hydrogen-bond donors (Lipinski definition) is 1. The molecule has 0 bridgehead atoms. The standard InChI is InChI=1S/C26H24O4/c1-17-5-3-7-19(11-17)13-23-25(29-16-21-8-4-6-18(2)12-21)22-10-9-20(15-27)14-24(22)30-26(23)28/h3-12,14,27H,13,15-16H2,1-2H3. The highest BCUT2D eigenvalue weighted by molar-refractivity contribution is 5.85. The summed E-state index contributed by atoms with van der Waals surface area (Å²) in [7, 11) is 0. The van der Waals surface area contributed by atoms with Gasteiger partial charge in [0.2, 0.25) is 0 Å². The molecule has 1 N–H and O–H groups in total. The summed E-state index contributed by atoms with van der Waals surface area (Å²) in [6.45, 7) is 4.29. The molecule has 4 heteroatoms. The van der Waals surface area contributed by atoms with Crippen molar-refractivity contribution in [2.75, 3.05) is 0 Å². The summed E-state index contributed by atoms with van der Waals surface area (Å²) in [5.41, 5.74) is 5.52. The summed E-state index contributed by atoms with van der Waals surface area (Å²) in [5, 5.41) is 10.2. The number of ether oxygens (including phenoxy) is 1. The maximum Gasteiger partial charge on any atom is 0.343 e. The summed E-state index contributed by atoms with van der Waals surface area (Å²) < 4.78 is 11.8. The third-order valence-electron chi connectivity index (χ3n) is 5.13. The Balaban J connectivity index is 1.80. The summed E-state index contributed by atoms with van der Waals surface area (Å²) in [6, 6.07) is 21.5. The van der Waals surface area contributed by atoms with Crippen molar-refractivity contribution in [2.24, 2.45) is 0 Å². The minimum Gasteiger partial charge on any atom is -0.488 e. The summed E-state index contributed by atoms with van der Waals surface area (Å²) >= 11 is 0. The highest BCUT2D eigenvalue weighted by atomic mass is 16.5. The molecule has 0 fully saturated rings. The van der Waals surface area contributed by atoms with E-state index < -0.39 is 5.63 Å². The third kappa shape index (κ3) is 4.29. The summed E-state index contributed by atoms with van der Waals surface area (Å²) in [5.74, 6) is 0.536. The summed E-state index contributed by atoms with van der Waals surface area (Å²) in [6.07, 6.45) is 0.421. The van der Waals surface area contributed by atoms with Crippen LogP contribution in [0.1, 0.15) is 33.4 Å². The molecule has 152 valence electrons. The normalized spacial score (nSPS) is 11.0. The maximum atomic E-state index is 12.9. The molecule has 0 spiro atoms. The molecule has 4 nitrogen and oxygen atoms in total. The minimum atomic E-state index is -0.418. The predicted molar refractivity (Wildman–Crippen MR) is 118 cm³/mol. The van der Waals surface area contributed by atoms with E-state index in [1.54, 1.807) is 6.07 Å². The van der Waals surface area contributed by atoms with Crippen molar-refractivity contribution < 1.29 is 14.3 Å². The van der Waals surface area contributed by atoms with E-state index >= 15 is 0 Å². The zero-order valence-electron chi connectivity index (χ0n) is 17.1. The maximum absolute atomic E-state index is 12.9. The third-order valence-corrected chi connectivity index (χ3v) is 5.13. The van der Waals surface area contributed by atoms with Crippen LogP contribution in [0.25, 0.3) is 11.0 Å². The first-order valence-corrected chi connectivity index (χ1v) is 9.97. The Bertz CT molecular complexity index is 1250. The molecule has 0 aliphatic rings. The first-order valence-electron chi connectivity index (χ1n) is 9.97. The van der Waals surface area contributed by atoms with Crippen LogP contribution in [0.15, 0.2) is 75.9 Å². The van der Waals surface area contributed by atoms with Gasteiger partial charge in [-0.3, -0.25) is 0 Å². The van der Waals surface area contributed by atoms with E-state index in [0.29, 0.717) is 35.5 Å². The van der Waals surface area contributed by atoms with E-state index in [2.05, 4.69) is 12.1 Å². The van der Waals surface area contributed by atoms with Crippen LogP contribution in [-0.4, -0.2) is 5.11 Å². The van der Waals surface area contributed by atoms with Crippen LogP contribution in [0.5, 0.6) is 5.75 Å². The van der Waals surface area contributed by atoms with E-state index in [-0.39, 0.29) is 6.61 Å². The smallest absolute Gasteiger partial charge is 0.343 e. The van der Waals surface area contributed by atoms with E-state index in [0.717, 1.165) is 27.6 Å². The van der Waals surface area contributed by atoms with Crippen LogP contribution >= 0.6 is 0 Å². The molecule has 0 radical (unpaired) electrons. The second-order valence-corrected chi connectivity index (χ2v) is 7.63. The molecule has 0 aliphatic heterocycles. The van der Waals surface area contributed by atoms with Crippen molar-refractivity contribution in [2.45, 2.75) is 33.5 Å². The topological polar surface area (TPSA) is 59.7 Å². The number of hydrogen-bond acceptors (Lipinski definition) is 4. The number of benzene rings is 3. The highest BCUT2D eigenvalue weighted by Crippen LogP contribution is 2.31. The van der Waals surface area contributed by atoms with Crippen LogP contribution < -0.4 is 10.4 Å². The fraction of sp³-hybridized carbons (Fsp3) is 0.192. The van der Waals surface area contributed by atoms with Gasteiger partial charge < -0.3 is 14.3 Å². The van der Waals surface area contributed by atoms with Crippen molar-refractivity contribution >= 4 is 11.0 Å². The average Bonchev–Trinajstić information content (AvgIpc) is 2.73. The fourth-order valence-corrected chi connectivity index (χ4v) is 3.65. The van der Waals surface area contributed by atoms with Gasteiger partial charge in [0.25, 0.3) is 0 Å². The van der Waals surface area contributed by atoms with Crippen LogP contribution in [0, 0.1) is 13.8 Å². The fourth-order valence-electron chi connectivity index (χ4n) is 3.65. The van der Waals surface area contributed by atoms with Gasteiger partial charge in [-0.25, -0.2) is 4.79 Å². The zero-order valence-corrected chi connectivity index (χ0v) is 17.1. The molecule has 30 heavy (non-hydrogen) atoms. The second kappa shape index (κ2) is 8.56. The van der Waals surface area contributed by atoms with Crippen LogP contribution in [-0.2, 0) is 19.6 Å². The molecular formula is C26H24O4. The Morgan fingerprint density at radius 1 is 0.867 bits per heavy atom. The minimum absolute atomic E-state index is 0.121. The van der Waals surface area contributed by atoms with Gasteiger partial charge in [0.1, 0.15) is 17.9 Å². The molecule has 0 unspecified atom stereocenters. The molecule has 0 aliphatic carbocycles. The molecule has 0 saturated carbocycles. The molecular weight excluding hydrogens is 376 g/mol. The van der Waals surface area contributed by atoms with Crippen molar-refractivity contribution in [3.8, 4) is 5.75 Å². The van der Waals surface area contributed by atoms with Crippen LogP contribution in [0.2, 0.25) is 0 Å². The largest absolute Gasteiger partial charge is 0.488 e. The number of fused-ring (bicyclic) bond motifs is 1. The Morgan fingerprint density at radius 3 is 2.27 bits per heavy atom. The Morgan fingerprint density at radius 2 is 1.57 bits per heavy atom. The Hall–Kier alpha value is -3.37. The quantitative estimate of drug-likeness (QED) is 0.459. The van der Waals surface area contributed by atoms with E-state index in [9.17, 15) is 9.90 Å². The number of aryl methyl sites for hydroxylation is 2. The van der Waals surface area contributed by atoms with Gasteiger partial charge in [0.05, 0.1) is 17.6 Å². The first-order chi connectivity index (χ1) is 14.5. The molecule has 4 rings (SSSR count). The lowest BCUT2D eigenvalue weighted by Gasteiger charge is -2.14. The molecule has 4 aromatic rings. The van der Waals surface area contributed by atoms with Crippen LogP contribution in [0.3, 0.4) is 0 Å². The van der Waals surface area contributed by atoms with Crippen molar-refractivity contribution in [3.63, 3.8) is 0 Å². The average molecular weight is 400 g/mol. The molecule has 3 aromatic carbocycles. The van der Waals surface area contributed by atoms with Gasteiger partial charge in [-0.1, -0.05) is 65.7 Å². The second-order valence-electron chi connectivity index (χ2n) is 7.63. The Labute approximate surface area is 175 Å². The van der Waals surface area contributed by atoms with Gasteiger partial charge >= 0.3 is 5.63 Å². The number of rotatable bonds is 6. The molecule has 0 atom stereocenters. The monoisotopic (exact) mass is 400 g/mol. The number of aliphatic hydroxyl groups is 1. The van der Waals surface area contributed by atoms with Gasteiger partial charge in [-0.2, -0.15) is 0 Å². The SMILES string of the molecule is Cc1cccc(COc2c(Cc3cccc(C)c3)c(=O)oc3cc(CO)ccc23)c1. The molecule has 1 heterocycles. The highest BCUT2D eigenvalue weighted by Gasteiger charge is 2.17. The molecule has 0 amide bonds. The van der Waals surface area contributed by atoms with E-state index in [4.69, 9.17) is 9.15 Å². The van der Waals surface area contributed by atoms with Crippen molar-refractivity contribution in [1.29, 1.82) is 0 Å². The van der Waals surface area contributed by atoms with Gasteiger partial charge in [0, 0.05) is 6.42 Å². The van der Waals surface area contributed by atoms with Crippen molar-refractivity contribution in [3.05, 3.63) is 111 Å². The molecule has 0 saturated heterocycles. The zero-order chi connectivity index (χ0) is 21.1. The molecule has 1 aromatic heterocycles. The van der Waals surface area contributed by atoms with E-state index in [1.807, 2.05) is 62.4 Å². The van der Waals surface area contributed by atoms with Gasteiger partial charge in [-0.05, 0) is 42.7 Å². The van der Waals surface area contributed by atoms with Crippen LogP contribution in [0.4, 0.5) is 0 Å². The van der Waals surface area contributed by atoms with E-state index in [1.165, 1.54) is 0 Å². The predicted octanol–water partition coefficient (Wildman–Crippen LogP) is 5.07. The Kier molecular flexibility index (Phi) is 5.68. The summed E-state index contributed by atoms with van der Waals surface area (Å²) in [4.78, 5) is 12.9. The first kappa shape index (κ1) is 19.9. The van der Waals surface area contributed by atoms with Crippen molar-refractivity contribution in [1.82, 2.24) is 0 Å². The lowest BCUT2D eigenvalue weighted by atomic mass is 10.0. The lowest BCUT2D eigenvalue weighted by Crippen LogP contribution is -2.12.